The number of thioether (sulfide) groups is 1. The molecule has 5 rings (SSSR count). The van der Waals surface area contributed by atoms with E-state index in [0.717, 1.165) is 10.5 Å². The van der Waals surface area contributed by atoms with Crippen molar-refractivity contribution in [2.75, 3.05) is 12.9 Å². The minimum Gasteiger partial charge on any atom is -0.463 e. The summed E-state index contributed by atoms with van der Waals surface area (Å²) in [6.07, 6.45) is 3.55. The van der Waals surface area contributed by atoms with Crippen LogP contribution >= 0.6 is 39.0 Å². The summed E-state index contributed by atoms with van der Waals surface area (Å²) in [5.41, 5.74) is 1.41. The van der Waals surface area contributed by atoms with Gasteiger partial charge in [0.25, 0.3) is 11.2 Å². The Labute approximate surface area is 244 Å². The highest BCUT2D eigenvalue weighted by atomic mass is 79.9. The average molecular weight is 641 g/mol. The van der Waals surface area contributed by atoms with Crippen LogP contribution in [0.3, 0.4) is 0 Å². The second-order valence-electron chi connectivity index (χ2n) is 8.70. The molecule has 0 N–H and O–H groups in total. The van der Waals surface area contributed by atoms with E-state index < -0.39 is 16.9 Å². The van der Waals surface area contributed by atoms with Crippen LogP contribution in [-0.4, -0.2) is 28.3 Å². The third kappa shape index (κ3) is 5.21. The molecule has 12 heteroatoms. The molecule has 3 heterocycles. The first kappa shape index (κ1) is 27.8. The van der Waals surface area contributed by atoms with Gasteiger partial charge < -0.3 is 9.15 Å². The lowest BCUT2D eigenvalue weighted by Gasteiger charge is -2.24. The number of carbonyl (C=O) groups is 1. The Hall–Kier alpha value is -3.74. The number of hydrogen-bond donors (Lipinski definition) is 0. The van der Waals surface area contributed by atoms with Crippen molar-refractivity contribution in [3.8, 4) is 11.3 Å². The molecule has 40 heavy (non-hydrogen) atoms. The fourth-order valence-corrected chi connectivity index (χ4v) is 6.25. The fraction of sp³-hybridized carbons (Fsp3) is 0.179. The Bertz CT molecular complexity index is 1850. The van der Waals surface area contributed by atoms with Crippen LogP contribution in [0.25, 0.3) is 17.4 Å². The molecule has 2 aromatic carbocycles. The van der Waals surface area contributed by atoms with Gasteiger partial charge in [-0.15, -0.1) is 11.8 Å². The molecule has 1 aliphatic rings. The van der Waals surface area contributed by atoms with Gasteiger partial charge in [-0.25, -0.2) is 9.79 Å². The molecule has 204 valence electrons. The second kappa shape index (κ2) is 11.4. The Balaban J connectivity index is 1.63. The minimum atomic E-state index is -0.717. The van der Waals surface area contributed by atoms with Crippen molar-refractivity contribution in [2.45, 2.75) is 24.8 Å². The summed E-state index contributed by atoms with van der Waals surface area (Å²) in [6.45, 7) is 3.65. The van der Waals surface area contributed by atoms with E-state index in [1.54, 1.807) is 56.0 Å². The van der Waals surface area contributed by atoms with E-state index in [2.05, 4.69) is 20.9 Å². The standard InChI is InChI=1S/C28H22BrN3O6S2/c1-4-37-27(34)24-15(2)30-28-31(25(24)16-5-9-19(39-3)10-6-16)26(33)23(40-28)14-18-8-12-22(38-18)20-11-7-17(29)13-21(20)32(35)36/h5-14,25H,4H2,1-3H3/b23-14-/t25-/m1/s1. The monoisotopic (exact) mass is 639 g/mol. The van der Waals surface area contributed by atoms with Crippen molar-refractivity contribution in [2.24, 2.45) is 4.99 Å². The van der Waals surface area contributed by atoms with Crippen molar-refractivity contribution in [3.05, 3.63) is 111 Å². The van der Waals surface area contributed by atoms with E-state index in [1.807, 2.05) is 30.5 Å². The third-order valence-corrected chi connectivity index (χ3v) is 8.49. The number of nitrogens with zero attached hydrogens (tertiary/aromatic N) is 3. The van der Waals surface area contributed by atoms with Crippen LogP contribution in [0, 0.1) is 10.1 Å². The van der Waals surface area contributed by atoms with Crippen molar-refractivity contribution >= 4 is 56.8 Å². The maximum atomic E-state index is 13.8. The molecule has 0 bridgehead atoms. The highest BCUT2D eigenvalue weighted by molar-refractivity contribution is 9.10. The van der Waals surface area contributed by atoms with Gasteiger partial charge in [-0.05, 0) is 62.1 Å². The van der Waals surface area contributed by atoms with E-state index in [9.17, 15) is 19.7 Å². The van der Waals surface area contributed by atoms with E-state index in [1.165, 1.54) is 22.0 Å². The maximum Gasteiger partial charge on any atom is 0.338 e. The van der Waals surface area contributed by atoms with Crippen LogP contribution in [0.4, 0.5) is 5.69 Å². The zero-order valence-electron chi connectivity index (χ0n) is 21.5. The highest BCUT2D eigenvalue weighted by Crippen LogP contribution is 2.34. The molecule has 0 saturated heterocycles. The van der Waals surface area contributed by atoms with Gasteiger partial charge in [0.1, 0.15) is 11.5 Å². The number of thiazole rings is 1. The van der Waals surface area contributed by atoms with E-state index in [0.29, 0.717) is 42.2 Å². The van der Waals surface area contributed by atoms with Crippen LogP contribution in [0.5, 0.6) is 0 Å². The normalized spacial score (nSPS) is 15.1. The van der Waals surface area contributed by atoms with Gasteiger partial charge in [-0.1, -0.05) is 39.4 Å². The molecular weight excluding hydrogens is 618 g/mol. The van der Waals surface area contributed by atoms with Gasteiger partial charge >= 0.3 is 5.97 Å². The lowest BCUT2D eigenvalue weighted by atomic mass is 9.96. The number of carbonyl (C=O) groups excluding carboxylic acids is 1. The Kier molecular flexibility index (Phi) is 7.92. The quantitative estimate of drug-likeness (QED) is 0.114. The maximum absolute atomic E-state index is 13.8. The van der Waals surface area contributed by atoms with Crippen LogP contribution in [0.1, 0.15) is 31.2 Å². The van der Waals surface area contributed by atoms with Crippen molar-refractivity contribution in [3.63, 3.8) is 0 Å². The third-order valence-electron chi connectivity index (χ3n) is 6.27. The molecule has 4 aromatic rings. The number of esters is 1. The number of hydrogen-bond acceptors (Lipinski definition) is 9. The Morgan fingerprint density at radius 2 is 2.00 bits per heavy atom. The number of halogens is 1. The summed E-state index contributed by atoms with van der Waals surface area (Å²) >= 11 is 6.02. The molecule has 0 spiro atoms. The molecule has 1 atom stereocenters. The molecule has 0 amide bonds. The van der Waals surface area contributed by atoms with Gasteiger partial charge in [0.2, 0.25) is 0 Å². The van der Waals surface area contributed by atoms with Crippen molar-refractivity contribution in [1.29, 1.82) is 0 Å². The molecule has 1 aliphatic heterocycles. The van der Waals surface area contributed by atoms with E-state index >= 15 is 0 Å². The number of rotatable bonds is 7. The first-order chi connectivity index (χ1) is 19.2. The number of allylic oxidation sites excluding steroid dienone is 1. The number of nitro groups is 1. The number of benzene rings is 2. The predicted molar refractivity (Wildman–Crippen MR) is 157 cm³/mol. The largest absolute Gasteiger partial charge is 0.463 e. The minimum absolute atomic E-state index is 0.107. The van der Waals surface area contributed by atoms with E-state index in [4.69, 9.17) is 9.15 Å². The van der Waals surface area contributed by atoms with Crippen molar-refractivity contribution in [1.82, 2.24) is 4.57 Å². The molecule has 0 radical (unpaired) electrons. The van der Waals surface area contributed by atoms with Crippen LogP contribution in [0.15, 0.2) is 89.4 Å². The van der Waals surface area contributed by atoms with Crippen LogP contribution < -0.4 is 14.9 Å². The summed E-state index contributed by atoms with van der Waals surface area (Å²) in [5, 5.41) is 11.6. The van der Waals surface area contributed by atoms with Crippen LogP contribution in [0.2, 0.25) is 0 Å². The van der Waals surface area contributed by atoms with Gasteiger partial charge in [0.05, 0.1) is 38.9 Å². The lowest BCUT2D eigenvalue weighted by Crippen LogP contribution is -2.39. The molecule has 9 nitrogen and oxygen atoms in total. The van der Waals surface area contributed by atoms with Gasteiger partial charge in [-0.3, -0.25) is 19.5 Å². The highest BCUT2D eigenvalue weighted by Gasteiger charge is 2.33. The fourth-order valence-electron chi connectivity index (χ4n) is 4.46. The summed E-state index contributed by atoms with van der Waals surface area (Å²) < 4.78 is 13.7. The average Bonchev–Trinajstić information content (AvgIpc) is 3.52. The number of nitro benzene ring substituents is 1. The zero-order valence-corrected chi connectivity index (χ0v) is 24.8. The summed E-state index contributed by atoms with van der Waals surface area (Å²) in [7, 11) is 0. The Morgan fingerprint density at radius 1 is 1.25 bits per heavy atom. The second-order valence-corrected chi connectivity index (χ2v) is 11.5. The molecule has 0 saturated carbocycles. The molecule has 0 unspecified atom stereocenters. The number of ether oxygens (including phenoxy) is 1. The van der Waals surface area contributed by atoms with Crippen LogP contribution in [-0.2, 0) is 9.53 Å². The number of aromatic nitrogens is 1. The summed E-state index contributed by atoms with van der Waals surface area (Å²) in [5.74, 6) is 0.119. The SMILES string of the molecule is CCOC(=O)C1=C(C)N=c2s/c(=C\c3ccc(-c4ccc(Br)cc4[N+](=O)[O-])o3)c(=O)n2[C@@H]1c1ccc(SC)cc1. The first-order valence-corrected chi connectivity index (χ1v) is 14.9. The van der Waals surface area contributed by atoms with Gasteiger partial charge in [-0.2, -0.15) is 0 Å². The molecule has 0 aliphatic carbocycles. The topological polar surface area (TPSA) is 117 Å². The van der Waals surface area contributed by atoms with Gasteiger partial charge in [0, 0.05) is 21.5 Å². The summed E-state index contributed by atoms with van der Waals surface area (Å²) in [4.78, 5) is 44.0. The summed E-state index contributed by atoms with van der Waals surface area (Å²) in [6, 6.07) is 14.9. The Morgan fingerprint density at radius 3 is 2.67 bits per heavy atom. The molecule has 0 fully saturated rings. The molecular formula is C28H22BrN3O6S2. The smallest absolute Gasteiger partial charge is 0.338 e. The number of fused-ring (bicyclic) bond motifs is 1. The lowest BCUT2D eigenvalue weighted by molar-refractivity contribution is -0.384. The molecule has 2 aromatic heterocycles. The van der Waals surface area contributed by atoms with E-state index in [-0.39, 0.29) is 17.9 Å². The van der Waals surface area contributed by atoms with Crippen molar-refractivity contribution < 1.29 is 18.9 Å². The number of furan rings is 1. The predicted octanol–water partition coefficient (Wildman–Crippen LogP) is 5.45. The van der Waals surface area contributed by atoms with Gasteiger partial charge in [0.15, 0.2) is 4.80 Å². The zero-order chi connectivity index (χ0) is 28.6. The first-order valence-electron chi connectivity index (χ1n) is 12.1.